The fourth-order valence-corrected chi connectivity index (χ4v) is 4.60. The zero-order valence-corrected chi connectivity index (χ0v) is 18.2. The second-order valence-electron chi connectivity index (χ2n) is 8.58. The van der Waals surface area contributed by atoms with Gasteiger partial charge in [-0.3, -0.25) is 9.69 Å². The van der Waals surface area contributed by atoms with Crippen LogP contribution in [0.1, 0.15) is 42.0 Å². The van der Waals surface area contributed by atoms with Crippen molar-refractivity contribution in [2.45, 2.75) is 38.6 Å². The molecule has 2 aromatic rings. The number of carbonyl (C=O) groups excluding carboxylic acids is 1. The first-order valence-electron chi connectivity index (χ1n) is 11.1. The number of aryl methyl sites for hydroxylation is 1. The van der Waals surface area contributed by atoms with E-state index in [9.17, 15) is 4.79 Å². The lowest BCUT2D eigenvalue weighted by Gasteiger charge is -2.35. The van der Waals surface area contributed by atoms with Crippen molar-refractivity contribution in [3.8, 4) is 5.75 Å². The molecular weight excluding hydrogens is 374 g/mol. The lowest BCUT2D eigenvalue weighted by Crippen LogP contribution is -2.41. The van der Waals surface area contributed by atoms with Crippen LogP contribution in [0.2, 0.25) is 0 Å². The Bertz CT molecular complexity index is 876. The molecular formula is C25H33N3O2. The summed E-state index contributed by atoms with van der Waals surface area (Å²) in [5.41, 5.74) is 5.20. The third-order valence-corrected chi connectivity index (χ3v) is 6.30. The van der Waals surface area contributed by atoms with Gasteiger partial charge in [0, 0.05) is 25.8 Å². The molecule has 0 spiro atoms. The number of fused-ring (bicyclic) bond motifs is 1. The minimum Gasteiger partial charge on any atom is -0.484 e. The van der Waals surface area contributed by atoms with E-state index in [0.29, 0.717) is 6.54 Å². The normalized spacial score (nSPS) is 17.5. The summed E-state index contributed by atoms with van der Waals surface area (Å²) in [5, 5.41) is 3.12. The average Bonchev–Trinajstić information content (AvgIpc) is 3.13. The van der Waals surface area contributed by atoms with Crippen LogP contribution in [0.25, 0.3) is 0 Å². The lowest BCUT2D eigenvalue weighted by atomic mass is 9.98. The third kappa shape index (κ3) is 4.96. The van der Waals surface area contributed by atoms with Crippen molar-refractivity contribution in [2.24, 2.45) is 0 Å². The molecule has 0 radical (unpaired) electrons. The number of hydrogen-bond acceptors (Lipinski definition) is 4. The van der Waals surface area contributed by atoms with E-state index in [1.807, 2.05) is 31.2 Å². The SMILES string of the molecule is Cc1cccc(OCC(=O)NC[C@@H](c2ccc3c(c2)CCN3C)N2CCCCC2)c1. The van der Waals surface area contributed by atoms with Crippen molar-refractivity contribution in [3.05, 3.63) is 59.2 Å². The molecule has 0 aromatic heterocycles. The Balaban J connectivity index is 1.41. The van der Waals surface area contributed by atoms with Gasteiger partial charge in [-0.25, -0.2) is 0 Å². The summed E-state index contributed by atoms with van der Waals surface area (Å²) in [7, 11) is 2.15. The predicted molar refractivity (Wildman–Crippen MR) is 121 cm³/mol. The molecule has 5 heteroatoms. The third-order valence-electron chi connectivity index (χ3n) is 6.30. The van der Waals surface area contributed by atoms with E-state index in [4.69, 9.17) is 4.74 Å². The molecule has 1 fully saturated rings. The Morgan fingerprint density at radius 1 is 1.10 bits per heavy atom. The maximum Gasteiger partial charge on any atom is 0.258 e. The van der Waals surface area contributed by atoms with Crippen LogP contribution in [0, 0.1) is 6.92 Å². The molecule has 2 aromatic carbocycles. The number of likely N-dealkylation sites (tertiary alicyclic amines) is 1. The summed E-state index contributed by atoms with van der Waals surface area (Å²) in [6.07, 6.45) is 4.86. The van der Waals surface area contributed by atoms with Gasteiger partial charge in [-0.05, 0) is 74.2 Å². The molecule has 2 aliphatic heterocycles. The monoisotopic (exact) mass is 407 g/mol. The Morgan fingerprint density at radius 3 is 2.73 bits per heavy atom. The number of likely N-dealkylation sites (N-methyl/N-ethyl adjacent to an activating group) is 1. The summed E-state index contributed by atoms with van der Waals surface area (Å²) in [6.45, 7) is 5.95. The van der Waals surface area contributed by atoms with Gasteiger partial charge in [0.15, 0.2) is 6.61 Å². The molecule has 2 aliphatic rings. The van der Waals surface area contributed by atoms with Crippen LogP contribution in [0.3, 0.4) is 0 Å². The molecule has 30 heavy (non-hydrogen) atoms. The van der Waals surface area contributed by atoms with Crippen molar-refractivity contribution in [1.82, 2.24) is 10.2 Å². The first kappa shape index (κ1) is 20.7. The fourth-order valence-electron chi connectivity index (χ4n) is 4.60. The van der Waals surface area contributed by atoms with Gasteiger partial charge < -0.3 is 15.0 Å². The zero-order chi connectivity index (χ0) is 20.9. The van der Waals surface area contributed by atoms with E-state index in [0.717, 1.165) is 37.4 Å². The molecule has 0 saturated carbocycles. The quantitative estimate of drug-likeness (QED) is 0.760. The summed E-state index contributed by atoms with van der Waals surface area (Å²) in [4.78, 5) is 17.3. The molecule has 0 unspecified atom stereocenters. The van der Waals surface area contributed by atoms with Crippen molar-refractivity contribution >= 4 is 11.6 Å². The van der Waals surface area contributed by atoms with Gasteiger partial charge >= 0.3 is 0 Å². The predicted octanol–water partition coefficient (Wildman–Crippen LogP) is 3.71. The molecule has 1 amide bonds. The maximum absolute atomic E-state index is 12.5. The number of hydrogen-bond donors (Lipinski definition) is 1. The largest absolute Gasteiger partial charge is 0.484 e. The summed E-state index contributed by atoms with van der Waals surface area (Å²) in [6, 6.07) is 14.9. The zero-order valence-electron chi connectivity index (χ0n) is 18.2. The van der Waals surface area contributed by atoms with Gasteiger partial charge in [0.1, 0.15) is 5.75 Å². The molecule has 0 aliphatic carbocycles. The van der Waals surface area contributed by atoms with Gasteiger partial charge in [0.2, 0.25) is 0 Å². The van der Waals surface area contributed by atoms with Crippen LogP contribution >= 0.6 is 0 Å². The van der Waals surface area contributed by atoms with E-state index in [2.05, 4.69) is 40.4 Å². The number of piperidine rings is 1. The minimum absolute atomic E-state index is 0.0468. The van der Waals surface area contributed by atoms with Gasteiger partial charge in [0.25, 0.3) is 5.91 Å². The molecule has 0 bridgehead atoms. The first-order chi connectivity index (χ1) is 14.6. The number of rotatable bonds is 7. The highest BCUT2D eigenvalue weighted by Crippen LogP contribution is 2.32. The fraction of sp³-hybridized carbons (Fsp3) is 0.480. The lowest BCUT2D eigenvalue weighted by molar-refractivity contribution is -0.123. The van der Waals surface area contributed by atoms with E-state index >= 15 is 0 Å². The molecule has 1 atom stereocenters. The Morgan fingerprint density at radius 2 is 1.93 bits per heavy atom. The van der Waals surface area contributed by atoms with E-state index in [1.165, 1.54) is 36.1 Å². The number of carbonyl (C=O) groups is 1. The standard InChI is InChI=1S/C25H33N3O2/c1-19-7-6-8-22(15-19)30-18-25(29)26-17-24(28-12-4-3-5-13-28)20-9-10-23-21(16-20)11-14-27(23)2/h6-10,15-16,24H,3-5,11-14,17-18H2,1-2H3,(H,26,29)/t24-/m0/s1. The van der Waals surface area contributed by atoms with E-state index < -0.39 is 0 Å². The van der Waals surface area contributed by atoms with Crippen molar-refractivity contribution in [3.63, 3.8) is 0 Å². The van der Waals surface area contributed by atoms with Gasteiger partial charge in [-0.1, -0.05) is 30.7 Å². The van der Waals surface area contributed by atoms with Gasteiger partial charge in [0.05, 0.1) is 6.04 Å². The van der Waals surface area contributed by atoms with Crippen molar-refractivity contribution in [1.29, 1.82) is 0 Å². The van der Waals surface area contributed by atoms with Crippen molar-refractivity contribution in [2.75, 3.05) is 44.7 Å². The number of nitrogens with one attached hydrogen (secondary N) is 1. The molecule has 4 rings (SSSR count). The summed E-state index contributed by atoms with van der Waals surface area (Å²) < 4.78 is 5.67. The highest BCUT2D eigenvalue weighted by Gasteiger charge is 2.25. The van der Waals surface area contributed by atoms with Gasteiger partial charge in [-0.15, -0.1) is 0 Å². The molecule has 1 saturated heterocycles. The summed E-state index contributed by atoms with van der Waals surface area (Å²) in [5.74, 6) is 0.667. The maximum atomic E-state index is 12.5. The number of anilines is 1. The minimum atomic E-state index is -0.0700. The van der Waals surface area contributed by atoms with Gasteiger partial charge in [-0.2, -0.15) is 0 Å². The van der Waals surface area contributed by atoms with Crippen LogP contribution < -0.4 is 15.0 Å². The average molecular weight is 408 g/mol. The Labute approximate surface area is 180 Å². The van der Waals surface area contributed by atoms with Crippen LogP contribution in [-0.4, -0.2) is 50.6 Å². The topological polar surface area (TPSA) is 44.8 Å². The smallest absolute Gasteiger partial charge is 0.258 e. The van der Waals surface area contributed by atoms with Crippen LogP contribution in [0.15, 0.2) is 42.5 Å². The Kier molecular flexibility index (Phi) is 6.58. The van der Waals surface area contributed by atoms with Crippen LogP contribution in [0.4, 0.5) is 5.69 Å². The van der Waals surface area contributed by atoms with E-state index in [1.54, 1.807) is 0 Å². The number of amides is 1. The van der Waals surface area contributed by atoms with Crippen LogP contribution in [0.5, 0.6) is 5.75 Å². The number of nitrogens with zero attached hydrogens (tertiary/aromatic N) is 2. The number of benzene rings is 2. The molecule has 2 heterocycles. The molecule has 1 N–H and O–H groups in total. The number of ether oxygens (including phenoxy) is 1. The van der Waals surface area contributed by atoms with Crippen molar-refractivity contribution < 1.29 is 9.53 Å². The highest BCUT2D eigenvalue weighted by molar-refractivity contribution is 5.77. The molecule has 5 nitrogen and oxygen atoms in total. The highest BCUT2D eigenvalue weighted by atomic mass is 16.5. The second kappa shape index (κ2) is 9.52. The van der Waals surface area contributed by atoms with Crippen LogP contribution in [-0.2, 0) is 11.2 Å². The first-order valence-corrected chi connectivity index (χ1v) is 11.1. The molecule has 160 valence electrons. The summed E-state index contributed by atoms with van der Waals surface area (Å²) >= 11 is 0. The Hall–Kier alpha value is -2.53. The van der Waals surface area contributed by atoms with E-state index in [-0.39, 0.29) is 18.6 Å². The second-order valence-corrected chi connectivity index (χ2v) is 8.58.